The number of carbonyl (C=O) groups is 1. The highest BCUT2D eigenvalue weighted by atomic mass is 19.1. The fraction of sp³-hybridized carbons (Fsp3) is 0.235. The molecule has 1 aliphatic rings. The van der Waals surface area contributed by atoms with Crippen LogP contribution >= 0.6 is 0 Å². The van der Waals surface area contributed by atoms with Crippen molar-refractivity contribution in [1.29, 1.82) is 0 Å². The number of hydrogen-bond acceptors (Lipinski definition) is 3. The predicted octanol–water partition coefficient (Wildman–Crippen LogP) is 3.49. The van der Waals surface area contributed by atoms with E-state index < -0.39 is 17.7 Å². The first kappa shape index (κ1) is 15.3. The number of nitrogens with zero attached hydrogens (tertiary/aromatic N) is 1. The van der Waals surface area contributed by atoms with Gasteiger partial charge in [-0.3, -0.25) is 4.79 Å². The summed E-state index contributed by atoms with van der Waals surface area (Å²) >= 11 is 0. The SMILES string of the molecule is CC(Nc1ccc2c(c1)N(C)C(=O)CO2)c1cc(F)ccc1F. The molecule has 0 fully saturated rings. The third-order valence-corrected chi connectivity index (χ3v) is 3.85. The fourth-order valence-corrected chi connectivity index (χ4v) is 2.54. The van der Waals surface area contributed by atoms with Gasteiger partial charge in [-0.15, -0.1) is 0 Å². The Balaban J connectivity index is 1.86. The number of likely N-dealkylation sites (N-methyl/N-ethyl adjacent to an activating group) is 1. The van der Waals surface area contributed by atoms with E-state index in [4.69, 9.17) is 4.74 Å². The number of nitrogens with one attached hydrogen (secondary N) is 1. The van der Waals surface area contributed by atoms with Crippen LogP contribution in [0.3, 0.4) is 0 Å². The number of carbonyl (C=O) groups excluding carboxylic acids is 1. The van der Waals surface area contributed by atoms with E-state index in [0.29, 0.717) is 17.1 Å². The van der Waals surface area contributed by atoms with Crippen LogP contribution in [0, 0.1) is 11.6 Å². The molecule has 1 atom stereocenters. The highest BCUT2D eigenvalue weighted by molar-refractivity contribution is 5.97. The summed E-state index contributed by atoms with van der Waals surface area (Å²) in [7, 11) is 1.67. The second-order valence-corrected chi connectivity index (χ2v) is 5.46. The Kier molecular flexibility index (Phi) is 3.90. The quantitative estimate of drug-likeness (QED) is 0.942. The number of fused-ring (bicyclic) bond motifs is 1. The molecule has 1 aliphatic heterocycles. The van der Waals surface area contributed by atoms with Gasteiger partial charge in [0.25, 0.3) is 5.91 Å². The zero-order valence-corrected chi connectivity index (χ0v) is 12.8. The smallest absolute Gasteiger partial charge is 0.264 e. The number of amides is 1. The Hall–Kier alpha value is -2.63. The van der Waals surface area contributed by atoms with Crippen LogP contribution in [-0.4, -0.2) is 19.6 Å². The summed E-state index contributed by atoms with van der Waals surface area (Å²) < 4.78 is 32.5. The van der Waals surface area contributed by atoms with Gasteiger partial charge < -0.3 is 15.0 Å². The topological polar surface area (TPSA) is 41.6 Å². The predicted molar refractivity (Wildman–Crippen MR) is 83.7 cm³/mol. The maximum atomic E-state index is 13.8. The molecule has 2 aromatic carbocycles. The van der Waals surface area contributed by atoms with E-state index in [2.05, 4.69) is 5.32 Å². The van der Waals surface area contributed by atoms with Crippen molar-refractivity contribution in [1.82, 2.24) is 0 Å². The number of rotatable bonds is 3. The largest absolute Gasteiger partial charge is 0.482 e. The third-order valence-electron chi connectivity index (χ3n) is 3.85. The Labute approximate surface area is 132 Å². The van der Waals surface area contributed by atoms with Gasteiger partial charge in [0.15, 0.2) is 6.61 Å². The van der Waals surface area contributed by atoms with Gasteiger partial charge >= 0.3 is 0 Å². The van der Waals surface area contributed by atoms with Crippen LogP contribution in [0.25, 0.3) is 0 Å². The first-order valence-electron chi connectivity index (χ1n) is 7.20. The molecule has 3 rings (SSSR count). The molecule has 0 bridgehead atoms. The maximum Gasteiger partial charge on any atom is 0.264 e. The molecule has 0 saturated carbocycles. The first-order chi connectivity index (χ1) is 11.0. The van der Waals surface area contributed by atoms with Gasteiger partial charge in [0.2, 0.25) is 0 Å². The van der Waals surface area contributed by atoms with Gasteiger partial charge in [0, 0.05) is 18.3 Å². The minimum atomic E-state index is -0.487. The van der Waals surface area contributed by atoms with E-state index >= 15 is 0 Å². The molecule has 23 heavy (non-hydrogen) atoms. The molecule has 0 saturated heterocycles. The molecule has 1 unspecified atom stereocenters. The monoisotopic (exact) mass is 318 g/mol. The molecule has 0 aromatic heterocycles. The third kappa shape index (κ3) is 2.97. The van der Waals surface area contributed by atoms with Crippen molar-refractivity contribution in [2.75, 3.05) is 23.9 Å². The lowest BCUT2D eigenvalue weighted by Crippen LogP contribution is -2.35. The fourth-order valence-electron chi connectivity index (χ4n) is 2.54. The van der Waals surface area contributed by atoms with Crippen LogP contribution in [0.15, 0.2) is 36.4 Å². The summed E-state index contributed by atoms with van der Waals surface area (Å²) in [4.78, 5) is 13.2. The number of anilines is 2. The molecule has 4 nitrogen and oxygen atoms in total. The molecule has 120 valence electrons. The summed E-state index contributed by atoms with van der Waals surface area (Å²) in [6.45, 7) is 1.75. The van der Waals surface area contributed by atoms with Crippen LogP contribution in [0.2, 0.25) is 0 Å². The summed E-state index contributed by atoms with van der Waals surface area (Å²) in [6.07, 6.45) is 0. The van der Waals surface area contributed by atoms with E-state index in [1.807, 2.05) is 0 Å². The van der Waals surface area contributed by atoms with Gasteiger partial charge in [0.05, 0.1) is 11.7 Å². The summed E-state index contributed by atoms with van der Waals surface area (Å²) in [5, 5.41) is 3.11. The maximum absolute atomic E-state index is 13.8. The number of hydrogen-bond donors (Lipinski definition) is 1. The van der Waals surface area contributed by atoms with Gasteiger partial charge in [-0.05, 0) is 43.3 Å². The number of ether oxygens (including phenoxy) is 1. The van der Waals surface area contributed by atoms with Gasteiger partial charge in [-0.1, -0.05) is 0 Å². The van der Waals surface area contributed by atoms with Crippen molar-refractivity contribution in [3.63, 3.8) is 0 Å². The zero-order chi connectivity index (χ0) is 16.6. The molecular formula is C17H16F2N2O2. The van der Waals surface area contributed by atoms with Gasteiger partial charge in [-0.25, -0.2) is 8.78 Å². The molecule has 2 aromatic rings. The van der Waals surface area contributed by atoms with Crippen LogP contribution in [0.1, 0.15) is 18.5 Å². The lowest BCUT2D eigenvalue weighted by atomic mass is 10.1. The Morgan fingerprint density at radius 1 is 1.22 bits per heavy atom. The van der Waals surface area contributed by atoms with E-state index in [1.165, 1.54) is 11.0 Å². The van der Waals surface area contributed by atoms with Crippen molar-refractivity contribution in [3.05, 3.63) is 53.6 Å². The van der Waals surface area contributed by atoms with Crippen molar-refractivity contribution >= 4 is 17.3 Å². The molecule has 6 heteroatoms. The number of halogens is 2. The molecule has 1 heterocycles. The average molecular weight is 318 g/mol. The number of benzene rings is 2. The van der Waals surface area contributed by atoms with Crippen LogP contribution in [0.4, 0.5) is 20.2 Å². The van der Waals surface area contributed by atoms with E-state index in [-0.39, 0.29) is 18.1 Å². The lowest BCUT2D eigenvalue weighted by molar-refractivity contribution is -0.120. The van der Waals surface area contributed by atoms with E-state index in [9.17, 15) is 13.6 Å². The summed E-state index contributed by atoms with van der Waals surface area (Å²) in [5.41, 5.74) is 1.56. The normalized spacial score (nSPS) is 15.0. The van der Waals surface area contributed by atoms with E-state index in [1.54, 1.807) is 32.2 Å². The molecule has 0 radical (unpaired) electrons. The first-order valence-corrected chi connectivity index (χ1v) is 7.20. The van der Waals surface area contributed by atoms with Gasteiger partial charge in [-0.2, -0.15) is 0 Å². The summed E-state index contributed by atoms with van der Waals surface area (Å²) in [6, 6.07) is 8.20. The van der Waals surface area contributed by atoms with E-state index in [0.717, 1.165) is 12.1 Å². The lowest BCUT2D eigenvalue weighted by Gasteiger charge is -2.27. The highest BCUT2D eigenvalue weighted by Gasteiger charge is 2.22. The van der Waals surface area contributed by atoms with Crippen molar-refractivity contribution in [2.45, 2.75) is 13.0 Å². The van der Waals surface area contributed by atoms with Crippen molar-refractivity contribution in [2.24, 2.45) is 0 Å². The van der Waals surface area contributed by atoms with Crippen LogP contribution in [0.5, 0.6) is 5.75 Å². The van der Waals surface area contributed by atoms with Crippen molar-refractivity contribution < 1.29 is 18.3 Å². The zero-order valence-electron chi connectivity index (χ0n) is 12.8. The Morgan fingerprint density at radius 2 is 2.00 bits per heavy atom. The average Bonchev–Trinajstić information content (AvgIpc) is 2.53. The molecular weight excluding hydrogens is 302 g/mol. The van der Waals surface area contributed by atoms with Gasteiger partial charge in [0.1, 0.15) is 17.4 Å². The second-order valence-electron chi connectivity index (χ2n) is 5.46. The summed E-state index contributed by atoms with van der Waals surface area (Å²) in [5.74, 6) is -0.486. The second kappa shape index (κ2) is 5.87. The standard InChI is InChI=1S/C17H16F2N2O2/c1-10(13-7-11(18)3-5-14(13)19)20-12-4-6-16-15(8-12)21(2)17(22)9-23-16/h3-8,10,20H,9H2,1-2H3. The molecule has 0 aliphatic carbocycles. The Bertz CT molecular complexity index is 764. The molecule has 1 N–H and O–H groups in total. The minimum absolute atomic E-state index is 0.0151. The molecule has 0 spiro atoms. The van der Waals surface area contributed by atoms with Crippen molar-refractivity contribution in [3.8, 4) is 5.75 Å². The Morgan fingerprint density at radius 3 is 2.78 bits per heavy atom. The highest BCUT2D eigenvalue weighted by Crippen LogP contribution is 2.34. The minimum Gasteiger partial charge on any atom is -0.482 e. The van der Waals surface area contributed by atoms with Crippen LogP contribution < -0.4 is 15.0 Å². The molecule has 1 amide bonds. The van der Waals surface area contributed by atoms with Crippen LogP contribution in [-0.2, 0) is 4.79 Å².